The second kappa shape index (κ2) is 9.87. The van der Waals surface area contributed by atoms with E-state index in [4.69, 9.17) is 0 Å². The van der Waals surface area contributed by atoms with Crippen molar-refractivity contribution in [3.8, 4) is 0 Å². The van der Waals surface area contributed by atoms with Crippen LogP contribution in [0, 0.1) is 0 Å². The Morgan fingerprint density at radius 2 is 1.66 bits per heavy atom. The van der Waals surface area contributed by atoms with Crippen molar-refractivity contribution < 1.29 is 9.68 Å². The van der Waals surface area contributed by atoms with Gasteiger partial charge in [-0.15, -0.1) is 0 Å². The number of hydrogen-bond acceptors (Lipinski definition) is 3. The quantitative estimate of drug-likeness (QED) is 0.378. The van der Waals surface area contributed by atoms with Gasteiger partial charge in [-0.05, 0) is 51.5 Å². The van der Waals surface area contributed by atoms with Crippen LogP contribution in [0.5, 0.6) is 0 Å². The van der Waals surface area contributed by atoms with Crippen LogP contribution in [0.25, 0.3) is 0 Å². The van der Waals surface area contributed by atoms with Crippen molar-refractivity contribution in [3.05, 3.63) is 95.4 Å². The number of fused-ring (bicyclic) bond motifs is 2. The Balaban J connectivity index is 1.72. The molecule has 0 unspecified atom stereocenters. The molecule has 0 saturated carbocycles. The summed E-state index contributed by atoms with van der Waals surface area (Å²) in [4.78, 5) is 2.40. The van der Waals surface area contributed by atoms with E-state index < -0.39 is 0 Å². The summed E-state index contributed by atoms with van der Waals surface area (Å²) in [6.07, 6.45) is 8.78. The average Bonchev–Trinajstić information content (AvgIpc) is 3.21. The summed E-state index contributed by atoms with van der Waals surface area (Å²) in [6.45, 7) is 16.0. The summed E-state index contributed by atoms with van der Waals surface area (Å²) in [5.41, 5.74) is 8.72. The highest BCUT2D eigenvalue weighted by Gasteiger charge is 2.43. The number of likely N-dealkylation sites (N-methyl/N-ethyl adjacent to an activating group) is 1. The van der Waals surface area contributed by atoms with Gasteiger partial charge in [0.05, 0.1) is 12.0 Å². The number of aliphatic hydroxyl groups is 1. The molecule has 184 valence electrons. The van der Waals surface area contributed by atoms with Crippen molar-refractivity contribution in [1.82, 2.24) is 5.32 Å². The Morgan fingerprint density at radius 3 is 2.34 bits per heavy atom. The Bertz CT molecular complexity index is 1210. The van der Waals surface area contributed by atoms with Gasteiger partial charge in [0.2, 0.25) is 5.69 Å². The first-order chi connectivity index (χ1) is 16.8. The molecule has 2 aromatic rings. The summed E-state index contributed by atoms with van der Waals surface area (Å²) in [5, 5.41) is 12.9. The topological polar surface area (TPSA) is 38.5 Å². The van der Waals surface area contributed by atoms with E-state index >= 15 is 0 Å². The number of nitrogens with zero attached hydrogens (tertiary/aromatic N) is 2. The molecule has 0 radical (unpaired) electrons. The zero-order valence-corrected chi connectivity index (χ0v) is 22.1. The predicted octanol–water partition coefficient (Wildman–Crippen LogP) is 5.81. The number of benzene rings is 2. The molecule has 4 heteroatoms. The molecule has 0 aromatic heterocycles. The number of nitrogens with one attached hydrogen (secondary N) is 1. The van der Waals surface area contributed by atoms with Crippen LogP contribution in [0.2, 0.25) is 0 Å². The van der Waals surface area contributed by atoms with Gasteiger partial charge in [-0.25, -0.2) is 0 Å². The predicted molar refractivity (Wildman–Crippen MR) is 148 cm³/mol. The molecular weight excluding hydrogens is 430 g/mol. The standard InChI is InChI=1S/C31H39N3O/c1-7-33-26-17-11-9-15-24(26)30(3,4)28(33)19-13-14-23(32-20-21-35)22-29-31(5,6)25-16-10-12-18-27(25)34(29)8-2/h9-19,22,35H,7-8,20-21H2,1-6H3/p+1/b29-22+. The lowest BCUT2D eigenvalue weighted by atomic mass is 9.81. The molecule has 0 bridgehead atoms. The molecule has 0 spiro atoms. The summed E-state index contributed by atoms with van der Waals surface area (Å²) in [7, 11) is 0. The molecule has 0 amide bonds. The fourth-order valence-electron chi connectivity index (χ4n) is 5.67. The van der Waals surface area contributed by atoms with Gasteiger partial charge in [0, 0.05) is 53.3 Å². The Labute approximate surface area is 211 Å². The molecule has 4 nitrogen and oxygen atoms in total. The van der Waals surface area contributed by atoms with Crippen LogP contribution in [0.4, 0.5) is 11.4 Å². The maximum Gasteiger partial charge on any atom is 0.209 e. The van der Waals surface area contributed by atoms with E-state index in [2.05, 4.69) is 129 Å². The molecular formula is C31H40N3O+. The van der Waals surface area contributed by atoms with Gasteiger partial charge in [-0.1, -0.05) is 56.3 Å². The van der Waals surface area contributed by atoms with Crippen molar-refractivity contribution in [1.29, 1.82) is 0 Å². The first-order valence-electron chi connectivity index (χ1n) is 12.8. The molecule has 2 N–H and O–H groups in total. The highest BCUT2D eigenvalue weighted by Crippen LogP contribution is 2.47. The molecule has 2 aromatic carbocycles. The van der Waals surface area contributed by atoms with Crippen molar-refractivity contribution in [2.24, 2.45) is 0 Å². The van der Waals surface area contributed by atoms with Gasteiger partial charge in [-0.2, -0.15) is 4.58 Å². The van der Waals surface area contributed by atoms with Crippen LogP contribution >= 0.6 is 0 Å². The van der Waals surface area contributed by atoms with E-state index in [1.165, 1.54) is 33.9 Å². The Kier molecular flexibility index (Phi) is 7.05. The number of rotatable bonds is 8. The molecule has 0 aliphatic carbocycles. The van der Waals surface area contributed by atoms with Crippen LogP contribution in [-0.2, 0) is 10.8 Å². The Morgan fingerprint density at radius 1 is 0.971 bits per heavy atom. The van der Waals surface area contributed by atoms with Crippen molar-refractivity contribution in [2.75, 3.05) is 31.1 Å². The smallest absolute Gasteiger partial charge is 0.209 e. The maximum atomic E-state index is 9.50. The SMILES string of the molecule is CCN1/C(=C/C(=C/C=C/C2=[N+](CC)c3ccccc3C2(C)C)NCCO)C(C)(C)c2ccccc21. The monoisotopic (exact) mass is 470 g/mol. The van der Waals surface area contributed by atoms with Gasteiger partial charge < -0.3 is 15.3 Å². The van der Waals surface area contributed by atoms with E-state index in [1.807, 2.05) is 0 Å². The molecule has 0 atom stereocenters. The first kappa shape index (κ1) is 25.0. The molecule has 0 saturated heterocycles. The van der Waals surface area contributed by atoms with Gasteiger partial charge >= 0.3 is 0 Å². The van der Waals surface area contributed by atoms with Crippen LogP contribution in [0.3, 0.4) is 0 Å². The fourth-order valence-corrected chi connectivity index (χ4v) is 5.67. The fraction of sp³-hybridized carbons (Fsp3) is 0.387. The zero-order chi connectivity index (χ0) is 25.2. The Hall–Kier alpha value is -3.11. The van der Waals surface area contributed by atoms with Crippen molar-refractivity contribution in [3.63, 3.8) is 0 Å². The van der Waals surface area contributed by atoms with Crippen molar-refractivity contribution in [2.45, 2.75) is 52.4 Å². The highest BCUT2D eigenvalue weighted by molar-refractivity contribution is 6.03. The zero-order valence-electron chi connectivity index (χ0n) is 22.1. The number of anilines is 1. The molecule has 0 fully saturated rings. The molecule has 2 heterocycles. The van der Waals surface area contributed by atoms with Gasteiger partial charge in [0.15, 0.2) is 5.71 Å². The second-order valence-corrected chi connectivity index (χ2v) is 10.3. The number of para-hydroxylation sites is 2. The normalized spacial score (nSPS) is 19.6. The summed E-state index contributed by atoms with van der Waals surface area (Å²) in [5.74, 6) is 0. The molecule has 2 aliphatic heterocycles. The van der Waals surface area contributed by atoms with Gasteiger partial charge in [0.1, 0.15) is 6.54 Å². The molecule has 4 rings (SSSR count). The summed E-state index contributed by atoms with van der Waals surface area (Å²) < 4.78 is 2.41. The van der Waals surface area contributed by atoms with Crippen LogP contribution < -0.4 is 10.2 Å². The number of hydrogen-bond donors (Lipinski definition) is 2. The lowest BCUT2D eigenvalue weighted by molar-refractivity contribution is -0.433. The lowest BCUT2D eigenvalue weighted by Crippen LogP contribution is -2.28. The third-order valence-corrected chi connectivity index (χ3v) is 7.49. The summed E-state index contributed by atoms with van der Waals surface area (Å²) >= 11 is 0. The second-order valence-electron chi connectivity index (χ2n) is 10.3. The first-order valence-corrected chi connectivity index (χ1v) is 12.8. The minimum absolute atomic E-state index is 0.0534. The maximum absolute atomic E-state index is 9.50. The number of allylic oxidation sites excluding steroid dienone is 5. The van der Waals surface area contributed by atoms with E-state index in [0.29, 0.717) is 6.54 Å². The summed E-state index contributed by atoms with van der Waals surface area (Å²) in [6, 6.07) is 17.4. The average molecular weight is 471 g/mol. The van der Waals surface area contributed by atoms with Gasteiger partial charge in [0.25, 0.3) is 0 Å². The van der Waals surface area contributed by atoms with E-state index in [1.54, 1.807) is 0 Å². The lowest BCUT2D eigenvalue weighted by Gasteiger charge is -2.27. The minimum Gasteiger partial charge on any atom is -0.395 e. The van der Waals surface area contributed by atoms with Crippen LogP contribution in [-0.4, -0.2) is 41.6 Å². The minimum atomic E-state index is -0.0981. The van der Waals surface area contributed by atoms with E-state index in [0.717, 1.165) is 18.8 Å². The highest BCUT2D eigenvalue weighted by atomic mass is 16.3. The molecule has 35 heavy (non-hydrogen) atoms. The third kappa shape index (κ3) is 4.36. The van der Waals surface area contributed by atoms with Gasteiger partial charge in [-0.3, -0.25) is 0 Å². The van der Waals surface area contributed by atoms with Crippen LogP contribution in [0.1, 0.15) is 52.7 Å². The van der Waals surface area contributed by atoms with Crippen molar-refractivity contribution >= 4 is 17.1 Å². The van der Waals surface area contributed by atoms with Crippen LogP contribution in [0.15, 0.2) is 84.2 Å². The largest absolute Gasteiger partial charge is 0.395 e. The third-order valence-electron chi connectivity index (χ3n) is 7.49. The molecule has 2 aliphatic rings. The number of aliphatic hydroxyl groups excluding tert-OH is 1. The van der Waals surface area contributed by atoms with E-state index in [9.17, 15) is 5.11 Å². The van der Waals surface area contributed by atoms with E-state index in [-0.39, 0.29) is 17.4 Å².